The lowest BCUT2D eigenvalue weighted by Crippen LogP contribution is -2.28. The van der Waals surface area contributed by atoms with E-state index in [2.05, 4.69) is 26.8 Å². The first-order valence-corrected chi connectivity index (χ1v) is 5.70. The lowest BCUT2D eigenvalue weighted by Gasteiger charge is -2.19. The minimum atomic E-state index is 0.156. The number of aromatic nitrogens is 2. The van der Waals surface area contributed by atoms with Crippen molar-refractivity contribution in [3.8, 4) is 0 Å². The fourth-order valence-electron chi connectivity index (χ4n) is 1.36. The third kappa shape index (κ3) is 3.71. The highest BCUT2D eigenvalue weighted by molar-refractivity contribution is 7.10. The van der Waals surface area contributed by atoms with Crippen LogP contribution in [0.1, 0.15) is 19.0 Å². The highest BCUT2D eigenvalue weighted by Crippen LogP contribution is 2.17. The van der Waals surface area contributed by atoms with Crippen molar-refractivity contribution in [2.24, 2.45) is 5.84 Å². The van der Waals surface area contributed by atoms with Crippen molar-refractivity contribution in [2.45, 2.75) is 19.9 Å². The maximum absolute atomic E-state index is 8.90. The first-order chi connectivity index (χ1) is 7.31. The zero-order chi connectivity index (χ0) is 11.1. The van der Waals surface area contributed by atoms with Gasteiger partial charge in [0.1, 0.15) is 10.7 Å². The largest absolute Gasteiger partial charge is 0.395 e. The number of aliphatic hydroxyl groups excluding tert-OH is 1. The summed E-state index contributed by atoms with van der Waals surface area (Å²) in [6, 6.07) is 0. The third-order valence-electron chi connectivity index (χ3n) is 2.02. The predicted molar refractivity (Wildman–Crippen MR) is 60.4 cm³/mol. The van der Waals surface area contributed by atoms with Crippen LogP contribution in [0.5, 0.6) is 0 Å². The second-order valence-corrected chi connectivity index (χ2v) is 3.95. The molecule has 86 valence electrons. The fourth-order valence-corrected chi connectivity index (χ4v) is 1.85. The molecule has 0 radical (unpaired) electrons. The molecule has 1 aromatic heterocycles. The van der Waals surface area contributed by atoms with E-state index >= 15 is 0 Å². The van der Waals surface area contributed by atoms with Gasteiger partial charge in [-0.05, 0) is 13.0 Å². The van der Waals surface area contributed by atoms with Crippen molar-refractivity contribution in [2.75, 3.05) is 25.1 Å². The summed E-state index contributed by atoms with van der Waals surface area (Å²) in [5, 5.41) is 13.7. The molecule has 0 amide bonds. The van der Waals surface area contributed by atoms with Crippen LogP contribution in [0, 0.1) is 0 Å². The van der Waals surface area contributed by atoms with E-state index in [0.717, 1.165) is 23.7 Å². The number of hydrogen-bond donors (Lipinski definition) is 3. The van der Waals surface area contributed by atoms with Gasteiger partial charge in [0.05, 0.1) is 6.61 Å². The molecular weight excluding hydrogens is 214 g/mol. The molecule has 7 heteroatoms. The topological polar surface area (TPSA) is 87.3 Å². The summed E-state index contributed by atoms with van der Waals surface area (Å²) < 4.78 is 3.83. The van der Waals surface area contributed by atoms with Crippen molar-refractivity contribution in [3.05, 3.63) is 5.69 Å². The van der Waals surface area contributed by atoms with Crippen molar-refractivity contribution in [1.82, 2.24) is 14.5 Å². The number of rotatable bonds is 7. The maximum Gasteiger partial charge on any atom is 0.148 e. The average Bonchev–Trinajstić information content (AvgIpc) is 2.66. The summed E-state index contributed by atoms with van der Waals surface area (Å²) in [5.41, 5.74) is 3.41. The summed E-state index contributed by atoms with van der Waals surface area (Å²) in [6.07, 6.45) is 1.04. The van der Waals surface area contributed by atoms with Crippen LogP contribution in [0.3, 0.4) is 0 Å². The van der Waals surface area contributed by atoms with Crippen LogP contribution in [-0.4, -0.2) is 39.3 Å². The minimum Gasteiger partial charge on any atom is -0.395 e. The van der Waals surface area contributed by atoms with Crippen molar-refractivity contribution < 1.29 is 5.11 Å². The molecule has 0 atom stereocenters. The Balaban J connectivity index is 2.56. The molecule has 0 saturated carbocycles. The van der Waals surface area contributed by atoms with Gasteiger partial charge in [-0.15, -0.1) is 5.10 Å². The Labute approximate surface area is 93.2 Å². The zero-order valence-electron chi connectivity index (χ0n) is 8.81. The standard InChI is InChI=1S/C8H17N5OS/c1-2-3-13(4-5-14)6-7-8(10-9)15-12-11-7/h10,14H,2-6,9H2,1H3. The number of nitrogens with zero attached hydrogens (tertiary/aromatic N) is 3. The Bertz CT molecular complexity index is 274. The maximum atomic E-state index is 8.90. The normalized spacial score (nSPS) is 10.9. The van der Waals surface area contributed by atoms with Crippen LogP contribution in [-0.2, 0) is 6.54 Å². The van der Waals surface area contributed by atoms with Crippen LogP contribution >= 0.6 is 11.5 Å². The van der Waals surface area contributed by atoms with Gasteiger partial charge in [0.2, 0.25) is 0 Å². The Kier molecular flexibility index (Phi) is 5.48. The highest BCUT2D eigenvalue weighted by atomic mass is 32.1. The van der Waals surface area contributed by atoms with E-state index in [-0.39, 0.29) is 6.61 Å². The molecule has 0 aliphatic carbocycles. The van der Waals surface area contributed by atoms with Crippen LogP contribution in [0.15, 0.2) is 0 Å². The van der Waals surface area contributed by atoms with Gasteiger partial charge in [0, 0.05) is 24.6 Å². The summed E-state index contributed by atoms with van der Waals surface area (Å²) in [4.78, 5) is 2.12. The number of nitrogen functional groups attached to an aromatic ring is 1. The molecule has 0 aromatic carbocycles. The molecule has 0 fully saturated rings. The predicted octanol–water partition coefficient (Wildman–Crippen LogP) is 0.0280. The zero-order valence-corrected chi connectivity index (χ0v) is 9.63. The lowest BCUT2D eigenvalue weighted by molar-refractivity contribution is 0.189. The van der Waals surface area contributed by atoms with Gasteiger partial charge in [0.25, 0.3) is 0 Å². The average molecular weight is 231 g/mol. The van der Waals surface area contributed by atoms with Gasteiger partial charge in [0.15, 0.2) is 0 Å². The van der Waals surface area contributed by atoms with Crippen molar-refractivity contribution in [3.63, 3.8) is 0 Å². The minimum absolute atomic E-state index is 0.156. The highest BCUT2D eigenvalue weighted by Gasteiger charge is 2.11. The van der Waals surface area contributed by atoms with Crippen LogP contribution in [0.2, 0.25) is 0 Å². The second kappa shape index (κ2) is 6.67. The van der Waals surface area contributed by atoms with Gasteiger partial charge in [-0.2, -0.15) is 0 Å². The molecule has 0 saturated heterocycles. The quantitative estimate of drug-likeness (QED) is 0.453. The van der Waals surface area contributed by atoms with Gasteiger partial charge < -0.3 is 10.5 Å². The molecule has 0 aliphatic rings. The first kappa shape index (κ1) is 12.3. The Morgan fingerprint density at radius 3 is 2.93 bits per heavy atom. The second-order valence-electron chi connectivity index (χ2n) is 3.19. The number of aliphatic hydroxyl groups is 1. The number of hydrazine groups is 1. The summed E-state index contributed by atoms with van der Waals surface area (Å²) in [5.74, 6) is 5.33. The Morgan fingerprint density at radius 1 is 1.53 bits per heavy atom. The molecule has 6 nitrogen and oxygen atoms in total. The third-order valence-corrected chi connectivity index (χ3v) is 2.72. The molecule has 1 rings (SSSR count). The summed E-state index contributed by atoms with van der Waals surface area (Å²) in [6.45, 7) is 4.51. The first-order valence-electron chi connectivity index (χ1n) is 4.92. The smallest absolute Gasteiger partial charge is 0.148 e. The van der Waals surface area contributed by atoms with Gasteiger partial charge in [-0.25, -0.2) is 5.84 Å². The molecule has 4 N–H and O–H groups in total. The Morgan fingerprint density at radius 2 is 2.33 bits per heavy atom. The van der Waals surface area contributed by atoms with Gasteiger partial charge in [-0.3, -0.25) is 4.90 Å². The van der Waals surface area contributed by atoms with E-state index in [1.807, 2.05) is 0 Å². The van der Waals surface area contributed by atoms with Crippen molar-refractivity contribution in [1.29, 1.82) is 0 Å². The van der Waals surface area contributed by atoms with Gasteiger partial charge in [-0.1, -0.05) is 11.4 Å². The SMILES string of the molecule is CCCN(CCO)Cc1nnsc1NN. The summed E-state index contributed by atoms with van der Waals surface area (Å²) in [7, 11) is 0. The van der Waals surface area contributed by atoms with E-state index in [9.17, 15) is 0 Å². The molecule has 15 heavy (non-hydrogen) atoms. The molecule has 0 spiro atoms. The molecular formula is C8H17N5OS. The summed E-state index contributed by atoms with van der Waals surface area (Å²) >= 11 is 1.24. The van der Waals surface area contributed by atoms with E-state index in [4.69, 9.17) is 10.9 Å². The molecule has 0 aliphatic heterocycles. The molecule has 0 bridgehead atoms. The van der Waals surface area contributed by atoms with Crippen LogP contribution in [0.4, 0.5) is 5.00 Å². The number of nitrogens with two attached hydrogens (primary N) is 1. The number of anilines is 1. The molecule has 1 aromatic rings. The van der Waals surface area contributed by atoms with E-state index in [1.165, 1.54) is 11.5 Å². The van der Waals surface area contributed by atoms with Crippen LogP contribution in [0.25, 0.3) is 0 Å². The van der Waals surface area contributed by atoms with E-state index < -0.39 is 0 Å². The molecule has 1 heterocycles. The fraction of sp³-hybridized carbons (Fsp3) is 0.750. The van der Waals surface area contributed by atoms with E-state index in [1.54, 1.807) is 0 Å². The lowest BCUT2D eigenvalue weighted by atomic mass is 10.3. The molecule has 0 unspecified atom stereocenters. The van der Waals surface area contributed by atoms with Crippen molar-refractivity contribution >= 4 is 16.5 Å². The van der Waals surface area contributed by atoms with E-state index in [0.29, 0.717) is 13.1 Å². The monoisotopic (exact) mass is 231 g/mol. The van der Waals surface area contributed by atoms with Gasteiger partial charge >= 0.3 is 0 Å². The Hall–Kier alpha value is -0.760. The number of nitrogens with one attached hydrogen (secondary N) is 1. The number of hydrogen-bond acceptors (Lipinski definition) is 7. The van der Waals surface area contributed by atoms with Crippen LogP contribution < -0.4 is 11.3 Å².